The second-order valence-electron chi connectivity index (χ2n) is 4.80. The number of rotatable bonds is 8. The zero-order valence-electron chi connectivity index (χ0n) is 13.7. The van der Waals surface area contributed by atoms with Crippen LogP contribution in [0.5, 0.6) is 11.5 Å². The zero-order chi connectivity index (χ0) is 19.7. The van der Waals surface area contributed by atoms with Crippen molar-refractivity contribution < 1.29 is 49.0 Å². The number of benzene rings is 1. The van der Waals surface area contributed by atoms with Crippen molar-refractivity contribution in [2.75, 3.05) is 20.3 Å². The van der Waals surface area contributed by atoms with Gasteiger partial charge in [-0.2, -0.15) is 0 Å². The number of methoxy groups -OCH3 is 1. The SMILES string of the molecule is COC(=O)C=Cc1ccc(OC(=O)C(O)CO)c(OC(=O)C(O)CO)c1. The van der Waals surface area contributed by atoms with Crippen LogP contribution < -0.4 is 9.47 Å². The van der Waals surface area contributed by atoms with Gasteiger partial charge in [-0.05, 0) is 23.8 Å². The third-order valence-electron chi connectivity index (χ3n) is 2.89. The average molecular weight is 370 g/mol. The first-order valence-electron chi connectivity index (χ1n) is 7.23. The van der Waals surface area contributed by atoms with Crippen LogP contribution in [0.1, 0.15) is 5.56 Å². The molecule has 0 aromatic heterocycles. The predicted octanol–water partition coefficient (Wildman–Crippen LogP) is -1.61. The smallest absolute Gasteiger partial charge is 0.342 e. The minimum Gasteiger partial charge on any atom is -0.466 e. The number of carbonyl (C=O) groups is 3. The fourth-order valence-electron chi connectivity index (χ4n) is 1.53. The van der Waals surface area contributed by atoms with Crippen molar-refractivity contribution >= 4 is 24.0 Å². The largest absolute Gasteiger partial charge is 0.466 e. The molecule has 0 bridgehead atoms. The van der Waals surface area contributed by atoms with Gasteiger partial charge in [0.15, 0.2) is 23.7 Å². The molecule has 1 aromatic carbocycles. The summed E-state index contributed by atoms with van der Waals surface area (Å²) in [6, 6.07) is 3.80. The molecular weight excluding hydrogens is 352 g/mol. The molecule has 2 unspecified atom stereocenters. The maximum atomic E-state index is 11.6. The van der Waals surface area contributed by atoms with Crippen LogP contribution in [0.4, 0.5) is 0 Å². The van der Waals surface area contributed by atoms with Crippen molar-refractivity contribution in [3.8, 4) is 11.5 Å². The molecule has 0 saturated heterocycles. The summed E-state index contributed by atoms with van der Waals surface area (Å²) in [6.07, 6.45) is -1.22. The molecule has 0 saturated carbocycles. The number of aliphatic hydroxyl groups is 4. The first-order chi connectivity index (χ1) is 12.3. The van der Waals surface area contributed by atoms with Crippen LogP contribution in [0.2, 0.25) is 0 Å². The maximum absolute atomic E-state index is 11.6. The van der Waals surface area contributed by atoms with E-state index in [1.807, 2.05) is 0 Å². The van der Waals surface area contributed by atoms with Crippen LogP contribution in [0, 0.1) is 0 Å². The van der Waals surface area contributed by atoms with E-state index in [0.29, 0.717) is 5.56 Å². The molecule has 142 valence electrons. The lowest BCUT2D eigenvalue weighted by Crippen LogP contribution is -2.30. The van der Waals surface area contributed by atoms with E-state index in [1.54, 1.807) is 0 Å². The van der Waals surface area contributed by atoms with Crippen LogP contribution in [0.15, 0.2) is 24.3 Å². The third-order valence-corrected chi connectivity index (χ3v) is 2.89. The van der Waals surface area contributed by atoms with Crippen molar-refractivity contribution in [3.63, 3.8) is 0 Å². The Morgan fingerprint density at radius 2 is 1.54 bits per heavy atom. The first-order valence-corrected chi connectivity index (χ1v) is 7.23. The molecule has 0 amide bonds. The second kappa shape index (κ2) is 10.3. The summed E-state index contributed by atoms with van der Waals surface area (Å²) in [5, 5.41) is 36.0. The predicted molar refractivity (Wildman–Crippen MR) is 84.9 cm³/mol. The molecule has 26 heavy (non-hydrogen) atoms. The van der Waals surface area contributed by atoms with Gasteiger partial charge < -0.3 is 34.6 Å². The summed E-state index contributed by atoms with van der Waals surface area (Å²) in [7, 11) is 1.19. The van der Waals surface area contributed by atoms with Crippen molar-refractivity contribution in [3.05, 3.63) is 29.8 Å². The molecular formula is C16H18O10. The molecule has 1 aromatic rings. The first kappa shape index (κ1) is 21.3. The summed E-state index contributed by atoms with van der Waals surface area (Å²) in [6.45, 7) is -1.77. The van der Waals surface area contributed by atoms with Gasteiger partial charge >= 0.3 is 17.9 Å². The summed E-state index contributed by atoms with van der Waals surface area (Å²) in [5.41, 5.74) is 0.346. The minimum absolute atomic E-state index is 0.295. The highest BCUT2D eigenvalue weighted by Crippen LogP contribution is 2.30. The van der Waals surface area contributed by atoms with Crippen molar-refractivity contribution in [2.24, 2.45) is 0 Å². The van der Waals surface area contributed by atoms with E-state index in [2.05, 4.69) is 4.74 Å². The molecule has 0 spiro atoms. The Kier molecular flexibility index (Phi) is 8.38. The molecule has 2 atom stereocenters. The number of aliphatic hydroxyl groups excluding tert-OH is 4. The van der Waals surface area contributed by atoms with E-state index in [0.717, 1.165) is 6.08 Å². The van der Waals surface area contributed by atoms with Gasteiger partial charge in [0, 0.05) is 6.08 Å². The van der Waals surface area contributed by atoms with Crippen LogP contribution in [0.25, 0.3) is 6.08 Å². The highest BCUT2D eigenvalue weighted by Gasteiger charge is 2.22. The third kappa shape index (κ3) is 6.26. The van der Waals surface area contributed by atoms with Gasteiger partial charge in [-0.15, -0.1) is 0 Å². The molecule has 0 aliphatic carbocycles. The van der Waals surface area contributed by atoms with Gasteiger partial charge in [-0.3, -0.25) is 0 Å². The zero-order valence-corrected chi connectivity index (χ0v) is 13.7. The normalized spacial score (nSPS) is 13.1. The van der Waals surface area contributed by atoms with Crippen LogP contribution >= 0.6 is 0 Å². The molecule has 10 heteroatoms. The van der Waals surface area contributed by atoms with Gasteiger partial charge in [-0.1, -0.05) is 6.07 Å². The lowest BCUT2D eigenvalue weighted by Gasteiger charge is -2.14. The maximum Gasteiger partial charge on any atom is 0.342 e. The molecule has 0 aliphatic rings. The molecule has 0 fully saturated rings. The average Bonchev–Trinajstić information content (AvgIpc) is 2.65. The summed E-state index contributed by atoms with van der Waals surface area (Å²) in [5.74, 6) is -3.68. The van der Waals surface area contributed by atoms with Gasteiger partial charge in [0.05, 0.1) is 20.3 Å². The van der Waals surface area contributed by atoms with Gasteiger partial charge in [0.1, 0.15) is 0 Å². The van der Waals surface area contributed by atoms with Crippen molar-refractivity contribution in [2.45, 2.75) is 12.2 Å². The monoisotopic (exact) mass is 370 g/mol. The Morgan fingerprint density at radius 1 is 1.00 bits per heavy atom. The molecule has 1 rings (SSSR count). The van der Waals surface area contributed by atoms with Gasteiger partial charge in [0.2, 0.25) is 0 Å². The van der Waals surface area contributed by atoms with E-state index >= 15 is 0 Å². The Labute approximate surface area is 147 Å². The molecule has 0 heterocycles. The standard InChI is InChI=1S/C16H18O10/c1-24-14(21)5-3-9-2-4-12(25-15(22)10(19)7-17)13(6-9)26-16(23)11(20)8-18/h2-6,10-11,17-20H,7-8H2,1H3. The van der Waals surface area contributed by atoms with Gasteiger partial charge in [0.25, 0.3) is 0 Å². The number of hydrogen-bond acceptors (Lipinski definition) is 10. The highest BCUT2D eigenvalue weighted by atomic mass is 16.6. The van der Waals surface area contributed by atoms with E-state index < -0.39 is 43.3 Å². The Hall–Kier alpha value is -2.79. The van der Waals surface area contributed by atoms with E-state index in [1.165, 1.54) is 31.4 Å². The molecule has 0 radical (unpaired) electrons. The summed E-state index contributed by atoms with van der Waals surface area (Å²) in [4.78, 5) is 34.3. The number of ether oxygens (including phenoxy) is 3. The Balaban J connectivity index is 3.14. The van der Waals surface area contributed by atoms with Crippen LogP contribution in [0.3, 0.4) is 0 Å². The molecule has 0 aliphatic heterocycles. The molecule has 4 N–H and O–H groups in total. The lowest BCUT2D eigenvalue weighted by molar-refractivity contribution is -0.148. The number of hydrogen-bond donors (Lipinski definition) is 4. The Bertz CT molecular complexity index is 682. The van der Waals surface area contributed by atoms with Crippen LogP contribution in [-0.4, -0.2) is 70.9 Å². The van der Waals surface area contributed by atoms with Crippen molar-refractivity contribution in [1.29, 1.82) is 0 Å². The van der Waals surface area contributed by atoms with Crippen LogP contribution in [-0.2, 0) is 19.1 Å². The summed E-state index contributed by atoms with van der Waals surface area (Å²) >= 11 is 0. The highest BCUT2D eigenvalue weighted by molar-refractivity contribution is 5.87. The number of carbonyl (C=O) groups excluding carboxylic acids is 3. The van der Waals surface area contributed by atoms with E-state index in [-0.39, 0.29) is 11.5 Å². The number of esters is 3. The minimum atomic E-state index is -1.82. The fraction of sp³-hybridized carbons (Fsp3) is 0.312. The van der Waals surface area contributed by atoms with Crippen molar-refractivity contribution in [1.82, 2.24) is 0 Å². The summed E-state index contributed by atoms with van der Waals surface area (Å²) < 4.78 is 14.1. The Morgan fingerprint density at radius 3 is 2.04 bits per heavy atom. The quantitative estimate of drug-likeness (QED) is 0.238. The lowest BCUT2D eigenvalue weighted by atomic mass is 10.2. The fourth-order valence-corrected chi connectivity index (χ4v) is 1.53. The van der Waals surface area contributed by atoms with Gasteiger partial charge in [-0.25, -0.2) is 14.4 Å². The van der Waals surface area contributed by atoms with E-state index in [4.69, 9.17) is 19.7 Å². The topological polar surface area (TPSA) is 160 Å². The van der Waals surface area contributed by atoms with E-state index in [9.17, 15) is 24.6 Å². The second-order valence-corrected chi connectivity index (χ2v) is 4.80. The molecule has 10 nitrogen and oxygen atoms in total.